The average molecular weight is 445 g/mol. The largest absolute Gasteiger partial charge is 0.490 e. The molecule has 2 heterocycles. The van der Waals surface area contributed by atoms with Crippen LogP contribution < -0.4 is 4.74 Å². The van der Waals surface area contributed by atoms with Crippen LogP contribution in [0.3, 0.4) is 0 Å². The highest BCUT2D eigenvalue weighted by Crippen LogP contribution is 2.32. The highest BCUT2D eigenvalue weighted by atomic mass is 19.4. The summed E-state index contributed by atoms with van der Waals surface area (Å²) in [7, 11) is 0. The Morgan fingerprint density at radius 2 is 1.88 bits per heavy atom. The van der Waals surface area contributed by atoms with Crippen LogP contribution in [0.2, 0.25) is 0 Å². The molecule has 168 valence electrons. The lowest BCUT2D eigenvalue weighted by molar-refractivity contribution is -0.141. The molecule has 0 unspecified atom stereocenters. The summed E-state index contributed by atoms with van der Waals surface area (Å²) in [6.07, 6.45) is 1.51. The van der Waals surface area contributed by atoms with Gasteiger partial charge in [0, 0.05) is 29.9 Å². The number of halogens is 3. The summed E-state index contributed by atoms with van der Waals surface area (Å²) < 4.78 is 44.2. The van der Waals surface area contributed by atoms with Gasteiger partial charge in [0.05, 0.1) is 11.8 Å². The van der Waals surface area contributed by atoms with Crippen molar-refractivity contribution in [1.29, 1.82) is 0 Å². The number of imidazole rings is 1. The number of aromatic nitrogens is 3. The molecule has 2 aromatic heterocycles. The van der Waals surface area contributed by atoms with Gasteiger partial charge in [-0.2, -0.15) is 13.2 Å². The van der Waals surface area contributed by atoms with Crippen molar-refractivity contribution >= 4 is 5.97 Å². The van der Waals surface area contributed by atoms with Crippen LogP contribution in [0, 0.1) is 5.92 Å². The molecule has 2 atom stereocenters. The molecule has 0 amide bonds. The predicted molar refractivity (Wildman–Crippen MR) is 111 cm³/mol. The molecule has 1 aliphatic rings. The first-order valence-corrected chi connectivity index (χ1v) is 10.4. The maximum Gasteiger partial charge on any atom is 0.434 e. The lowest BCUT2D eigenvalue weighted by atomic mass is 9.85. The van der Waals surface area contributed by atoms with Crippen molar-refractivity contribution in [1.82, 2.24) is 15.0 Å². The minimum absolute atomic E-state index is 0.00578. The van der Waals surface area contributed by atoms with Crippen molar-refractivity contribution in [2.24, 2.45) is 5.92 Å². The van der Waals surface area contributed by atoms with Gasteiger partial charge in [0.25, 0.3) is 0 Å². The summed E-state index contributed by atoms with van der Waals surface area (Å²) in [6, 6.07) is 10.8. The van der Waals surface area contributed by atoms with Crippen LogP contribution in [0.5, 0.6) is 5.75 Å². The molecule has 0 saturated heterocycles. The predicted octanol–water partition coefficient (Wildman–Crippen LogP) is 5.57. The Morgan fingerprint density at radius 1 is 1.12 bits per heavy atom. The standard InChI is InChI=1S/C23H22F3N3O3/c24-23(25,26)20-13-28-22(29-20)16-6-9-19(27-12-16)15-4-7-17(8-5-15)32-18-3-1-2-14(10-18)11-21(30)31/h4-9,12-14,18H,1-3,10-11H2,(H,28,29)(H,30,31)/t14-,18-/m1/s1. The van der Waals surface area contributed by atoms with Crippen LogP contribution in [-0.2, 0) is 11.0 Å². The molecule has 0 bridgehead atoms. The Balaban J connectivity index is 1.40. The third kappa shape index (κ3) is 5.27. The summed E-state index contributed by atoms with van der Waals surface area (Å²) in [5.41, 5.74) is 0.991. The van der Waals surface area contributed by atoms with E-state index in [1.165, 1.54) is 6.20 Å². The first kappa shape index (κ1) is 21.9. The Morgan fingerprint density at radius 3 is 2.50 bits per heavy atom. The van der Waals surface area contributed by atoms with E-state index < -0.39 is 17.8 Å². The summed E-state index contributed by atoms with van der Waals surface area (Å²) in [5.74, 6) is 0.191. The number of ether oxygens (including phenoxy) is 1. The fourth-order valence-corrected chi connectivity index (χ4v) is 4.00. The molecular formula is C23H22F3N3O3. The zero-order chi connectivity index (χ0) is 22.7. The quantitative estimate of drug-likeness (QED) is 0.518. The number of hydrogen-bond donors (Lipinski definition) is 2. The van der Waals surface area contributed by atoms with Gasteiger partial charge in [0.1, 0.15) is 11.6 Å². The lowest BCUT2D eigenvalue weighted by Gasteiger charge is -2.28. The van der Waals surface area contributed by atoms with Crippen molar-refractivity contribution in [3.05, 3.63) is 54.5 Å². The number of hydrogen-bond acceptors (Lipinski definition) is 4. The molecule has 3 aromatic rings. The molecule has 0 aliphatic heterocycles. The highest BCUT2D eigenvalue weighted by molar-refractivity contribution is 5.67. The van der Waals surface area contributed by atoms with Crippen molar-refractivity contribution in [2.75, 3.05) is 0 Å². The third-order valence-electron chi connectivity index (χ3n) is 5.56. The summed E-state index contributed by atoms with van der Waals surface area (Å²) in [4.78, 5) is 21.4. The molecule has 0 radical (unpaired) electrons. The zero-order valence-corrected chi connectivity index (χ0v) is 17.1. The molecule has 6 nitrogen and oxygen atoms in total. The summed E-state index contributed by atoms with van der Waals surface area (Å²) in [6.45, 7) is 0. The second-order valence-corrected chi connectivity index (χ2v) is 7.96. The van der Waals surface area contributed by atoms with E-state index in [4.69, 9.17) is 9.84 Å². The number of alkyl halides is 3. The number of H-pyrrole nitrogens is 1. The number of carboxylic acid groups (broad SMARTS) is 1. The van der Waals surface area contributed by atoms with Crippen molar-refractivity contribution < 1.29 is 27.8 Å². The van der Waals surface area contributed by atoms with E-state index >= 15 is 0 Å². The third-order valence-corrected chi connectivity index (χ3v) is 5.56. The number of aliphatic carboxylic acids is 1. The van der Waals surface area contributed by atoms with Crippen LogP contribution in [0.4, 0.5) is 13.2 Å². The first-order chi connectivity index (χ1) is 15.3. The molecule has 1 aromatic carbocycles. The molecule has 0 spiro atoms. The molecule has 1 aliphatic carbocycles. The monoisotopic (exact) mass is 445 g/mol. The van der Waals surface area contributed by atoms with E-state index in [0.29, 0.717) is 17.0 Å². The van der Waals surface area contributed by atoms with Gasteiger partial charge in [-0.25, -0.2) is 4.98 Å². The minimum Gasteiger partial charge on any atom is -0.490 e. The van der Waals surface area contributed by atoms with E-state index in [9.17, 15) is 18.0 Å². The second kappa shape index (κ2) is 9.02. The fraction of sp³-hybridized carbons (Fsp3) is 0.348. The Kier molecular flexibility index (Phi) is 6.16. The van der Waals surface area contributed by atoms with Gasteiger partial charge in [-0.15, -0.1) is 0 Å². The molecule has 1 fully saturated rings. The van der Waals surface area contributed by atoms with E-state index in [1.54, 1.807) is 12.1 Å². The number of carboxylic acids is 1. The number of nitrogens with zero attached hydrogens (tertiary/aromatic N) is 2. The zero-order valence-electron chi connectivity index (χ0n) is 17.1. The SMILES string of the molecule is O=C(O)C[C@@H]1CCC[C@@H](Oc2ccc(-c3ccc(-c4nc(C(F)(F)F)c[nH]4)cn3)cc2)C1. The van der Waals surface area contributed by atoms with Crippen LogP contribution in [0.1, 0.15) is 37.8 Å². The molecule has 2 N–H and O–H groups in total. The fourth-order valence-electron chi connectivity index (χ4n) is 4.00. The highest BCUT2D eigenvalue weighted by Gasteiger charge is 2.33. The molecule has 32 heavy (non-hydrogen) atoms. The Labute approximate surface area is 182 Å². The number of aromatic amines is 1. The Hall–Kier alpha value is -3.36. The Bertz CT molecular complexity index is 1060. The van der Waals surface area contributed by atoms with Gasteiger partial charge in [0.2, 0.25) is 0 Å². The maximum absolute atomic E-state index is 12.7. The number of pyridine rings is 1. The van der Waals surface area contributed by atoms with Crippen LogP contribution in [0.15, 0.2) is 48.8 Å². The number of nitrogens with one attached hydrogen (secondary N) is 1. The normalized spacial score (nSPS) is 19.0. The summed E-state index contributed by atoms with van der Waals surface area (Å²) >= 11 is 0. The van der Waals surface area contributed by atoms with Crippen molar-refractivity contribution in [2.45, 2.75) is 44.4 Å². The minimum atomic E-state index is -4.50. The van der Waals surface area contributed by atoms with Crippen LogP contribution in [-0.4, -0.2) is 32.1 Å². The van der Waals surface area contributed by atoms with Crippen molar-refractivity contribution in [3.63, 3.8) is 0 Å². The van der Waals surface area contributed by atoms with E-state index in [0.717, 1.165) is 37.4 Å². The average Bonchev–Trinajstić information content (AvgIpc) is 3.25. The van der Waals surface area contributed by atoms with Gasteiger partial charge in [-0.05, 0) is 68.0 Å². The smallest absolute Gasteiger partial charge is 0.434 e. The first-order valence-electron chi connectivity index (χ1n) is 10.4. The number of rotatable bonds is 6. The lowest BCUT2D eigenvalue weighted by Crippen LogP contribution is -2.26. The molecule has 9 heteroatoms. The number of carbonyl (C=O) groups is 1. The summed E-state index contributed by atoms with van der Waals surface area (Å²) in [5, 5.41) is 9.00. The molecule has 4 rings (SSSR count). The maximum atomic E-state index is 12.7. The van der Waals surface area contributed by atoms with Gasteiger partial charge in [-0.1, -0.05) is 0 Å². The van der Waals surface area contributed by atoms with Crippen LogP contribution >= 0.6 is 0 Å². The number of benzene rings is 1. The topological polar surface area (TPSA) is 88.1 Å². The van der Waals surface area contributed by atoms with E-state index in [2.05, 4.69) is 15.0 Å². The van der Waals surface area contributed by atoms with Gasteiger partial charge < -0.3 is 14.8 Å². The van der Waals surface area contributed by atoms with E-state index in [-0.39, 0.29) is 24.3 Å². The van der Waals surface area contributed by atoms with Gasteiger partial charge in [-0.3, -0.25) is 9.78 Å². The van der Waals surface area contributed by atoms with Gasteiger partial charge >= 0.3 is 12.1 Å². The second-order valence-electron chi connectivity index (χ2n) is 7.96. The van der Waals surface area contributed by atoms with E-state index in [1.807, 2.05) is 24.3 Å². The van der Waals surface area contributed by atoms with Gasteiger partial charge in [0.15, 0.2) is 5.69 Å². The molecular weight excluding hydrogens is 423 g/mol. The van der Waals surface area contributed by atoms with Crippen molar-refractivity contribution in [3.8, 4) is 28.4 Å². The molecule has 1 saturated carbocycles. The van der Waals surface area contributed by atoms with Crippen LogP contribution in [0.25, 0.3) is 22.6 Å².